The first-order valence-corrected chi connectivity index (χ1v) is 7.73. The molecule has 0 saturated heterocycles. The predicted molar refractivity (Wildman–Crippen MR) is 86.3 cm³/mol. The fraction of sp³-hybridized carbons (Fsp3) is 0.438. The monoisotopic (exact) mass is 324 g/mol. The van der Waals surface area contributed by atoms with Crippen molar-refractivity contribution in [1.82, 2.24) is 10.2 Å². The number of aliphatic hydroxyl groups excluding tert-OH is 1. The summed E-state index contributed by atoms with van der Waals surface area (Å²) in [5, 5.41) is 12.6. The quantitative estimate of drug-likeness (QED) is 0.819. The van der Waals surface area contributed by atoms with Crippen LogP contribution in [0.2, 0.25) is 5.02 Å². The minimum atomic E-state index is -0.230. The number of carbonyl (C=O) groups is 1. The van der Waals surface area contributed by atoms with Gasteiger partial charge in [0.2, 0.25) is 0 Å². The maximum absolute atomic E-state index is 12.4. The summed E-state index contributed by atoms with van der Waals surface area (Å²) in [7, 11) is 0. The highest BCUT2D eigenvalue weighted by atomic mass is 35.5. The average Bonchev–Trinajstić information content (AvgIpc) is 2.71. The van der Waals surface area contributed by atoms with Crippen LogP contribution in [0, 0.1) is 0 Å². The van der Waals surface area contributed by atoms with E-state index in [9.17, 15) is 4.79 Å². The molecule has 2 rings (SSSR count). The summed E-state index contributed by atoms with van der Waals surface area (Å²) in [5.74, 6) is 0.643. The van der Waals surface area contributed by atoms with Gasteiger partial charge in [0.05, 0.1) is 24.3 Å². The van der Waals surface area contributed by atoms with Gasteiger partial charge < -0.3 is 20.1 Å². The molecule has 1 aromatic rings. The Hall–Kier alpha value is -1.72. The van der Waals surface area contributed by atoms with Crippen molar-refractivity contribution in [2.24, 2.45) is 0 Å². The number of amides is 2. The van der Waals surface area contributed by atoms with Crippen molar-refractivity contribution < 1.29 is 14.6 Å². The number of urea groups is 1. The van der Waals surface area contributed by atoms with Gasteiger partial charge in [-0.25, -0.2) is 4.79 Å². The van der Waals surface area contributed by atoms with Crippen molar-refractivity contribution in [3.63, 3.8) is 0 Å². The molecule has 2 N–H and O–H groups in total. The normalized spacial score (nSPS) is 16.9. The number of aliphatic hydroxyl groups is 1. The van der Waals surface area contributed by atoms with E-state index in [0.717, 1.165) is 18.4 Å². The van der Waals surface area contributed by atoms with Crippen molar-refractivity contribution in [3.8, 4) is 5.75 Å². The smallest absolute Gasteiger partial charge is 0.318 e. The maximum atomic E-state index is 12.4. The Kier molecular flexibility index (Phi) is 6.10. The van der Waals surface area contributed by atoms with Crippen molar-refractivity contribution in [2.75, 3.05) is 26.3 Å². The van der Waals surface area contributed by atoms with Gasteiger partial charge in [0.15, 0.2) is 0 Å². The fourth-order valence-electron chi connectivity index (χ4n) is 2.51. The van der Waals surface area contributed by atoms with E-state index in [-0.39, 0.29) is 25.2 Å². The number of hydrogen-bond donors (Lipinski definition) is 2. The van der Waals surface area contributed by atoms with Crippen molar-refractivity contribution in [2.45, 2.75) is 18.9 Å². The minimum absolute atomic E-state index is 0.0859. The molecule has 0 aliphatic carbocycles. The van der Waals surface area contributed by atoms with Gasteiger partial charge in [-0.05, 0) is 18.9 Å². The van der Waals surface area contributed by atoms with E-state index in [1.54, 1.807) is 12.1 Å². The molecule has 0 aromatic heterocycles. The van der Waals surface area contributed by atoms with Crippen molar-refractivity contribution in [3.05, 3.63) is 41.4 Å². The predicted octanol–water partition coefficient (Wildman–Crippen LogP) is 2.74. The van der Waals surface area contributed by atoms with Crippen LogP contribution >= 0.6 is 11.6 Å². The second-order valence-corrected chi connectivity index (χ2v) is 5.52. The molecule has 1 aliphatic heterocycles. The number of para-hydroxylation sites is 1. The van der Waals surface area contributed by atoms with E-state index in [0.29, 0.717) is 23.9 Å². The summed E-state index contributed by atoms with van der Waals surface area (Å²) < 4.78 is 5.69. The van der Waals surface area contributed by atoms with Gasteiger partial charge in [-0.15, -0.1) is 6.58 Å². The summed E-state index contributed by atoms with van der Waals surface area (Å²) in [6.07, 6.45) is 3.24. The first-order valence-electron chi connectivity index (χ1n) is 7.35. The van der Waals surface area contributed by atoms with Crippen molar-refractivity contribution in [1.29, 1.82) is 0 Å². The van der Waals surface area contributed by atoms with Crippen LogP contribution in [-0.4, -0.2) is 42.3 Å². The number of benzene rings is 1. The summed E-state index contributed by atoms with van der Waals surface area (Å²) in [4.78, 5) is 13.9. The van der Waals surface area contributed by atoms with Gasteiger partial charge in [0.1, 0.15) is 5.75 Å². The zero-order valence-corrected chi connectivity index (χ0v) is 13.2. The topological polar surface area (TPSA) is 61.8 Å². The van der Waals surface area contributed by atoms with Gasteiger partial charge in [-0.1, -0.05) is 29.8 Å². The van der Waals surface area contributed by atoms with E-state index >= 15 is 0 Å². The lowest BCUT2D eigenvalue weighted by Crippen LogP contribution is -2.43. The van der Waals surface area contributed by atoms with Crippen LogP contribution in [0.15, 0.2) is 30.9 Å². The number of halogens is 1. The Labute approximate surface area is 135 Å². The number of nitrogens with zero attached hydrogens (tertiary/aromatic N) is 1. The minimum Gasteiger partial charge on any atom is -0.492 e. The first kappa shape index (κ1) is 16.6. The van der Waals surface area contributed by atoms with Gasteiger partial charge in [0.25, 0.3) is 0 Å². The molecule has 1 aromatic carbocycles. The molecule has 1 heterocycles. The molecule has 0 spiro atoms. The van der Waals surface area contributed by atoms with Crippen LogP contribution in [-0.2, 0) is 0 Å². The highest BCUT2D eigenvalue weighted by Gasteiger charge is 2.24. The molecular formula is C16H21ClN2O3. The van der Waals surface area contributed by atoms with Gasteiger partial charge in [0, 0.05) is 18.7 Å². The van der Waals surface area contributed by atoms with Crippen molar-refractivity contribution >= 4 is 17.6 Å². The number of hydrogen-bond acceptors (Lipinski definition) is 3. The van der Waals surface area contributed by atoms with Gasteiger partial charge in [-0.3, -0.25) is 0 Å². The van der Waals surface area contributed by atoms with E-state index in [1.165, 1.54) is 4.90 Å². The van der Waals surface area contributed by atoms with Crippen LogP contribution in [0.3, 0.4) is 0 Å². The summed E-state index contributed by atoms with van der Waals surface area (Å²) in [5.41, 5.74) is 0.890. The Morgan fingerprint density at radius 1 is 1.59 bits per heavy atom. The molecule has 0 fully saturated rings. The van der Waals surface area contributed by atoms with Crippen LogP contribution in [0.25, 0.3) is 0 Å². The summed E-state index contributed by atoms with van der Waals surface area (Å²) in [6, 6.07) is 5.16. The third-order valence-electron chi connectivity index (χ3n) is 3.56. The third kappa shape index (κ3) is 3.93. The van der Waals surface area contributed by atoms with E-state index in [1.807, 2.05) is 12.1 Å². The molecule has 1 atom stereocenters. The fourth-order valence-corrected chi connectivity index (χ4v) is 2.75. The molecule has 2 amide bonds. The Balaban J connectivity index is 2.17. The molecule has 1 aliphatic rings. The lowest BCUT2D eigenvalue weighted by molar-refractivity contribution is 0.180. The largest absolute Gasteiger partial charge is 0.492 e. The number of nitrogens with one attached hydrogen (secondary N) is 1. The SMILES string of the molecule is C=CCN(CCO)C(=O)NC1CCCOc2c(Cl)cccc21. The molecule has 120 valence electrons. The summed E-state index contributed by atoms with van der Waals surface area (Å²) >= 11 is 6.18. The first-order chi connectivity index (χ1) is 10.7. The van der Waals surface area contributed by atoms with Crippen LogP contribution < -0.4 is 10.1 Å². The van der Waals surface area contributed by atoms with Gasteiger partial charge >= 0.3 is 6.03 Å². The number of carbonyl (C=O) groups excluding carboxylic acids is 1. The molecule has 6 heteroatoms. The highest BCUT2D eigenvalue weighted by Crippen LogP contribution is 2.36. The Bertz CT molecular complexity index is 536. The lowest BCUT2D eigenvalue weighted by atomic mass is 10.0. The van der Waals surface area contributed by atoms with Crippen LogP contribution in [0.4, 0.5) is 4.79 Å². The second kappa shape index (κ2) is 8.06. The Morgan fingerprint density at radius 3 is 3.14 bits per heavy atom. The average molecular weight is 325 g/mol. The van der Waals surface area contributed by atoms with E-state index in [4.69, 9.17) is 21.4 Å². The molecule has 1 unspecified atom stereocenters. The standard InChI is InChI=1S/C16H21ClN2O3/c1-2-8-19(9-10-20)16(21)18-14-7-4-11-22-15-12(14)5-3-6-13(15)17/h2-3,5-6,14,20H,1,4,7-11H2,(H,18,21). The van der Waals surface area contributed by atoms with Crippen LogP contribution in [0.1, 0.15) is 24.4 Å². The number of ether oxygens (including phenoxy) is 1. The van der Waals surface area contributed by atoms with Crippen LogP contribution in [0.5, 0.6) is 5.75 Å². The molecular weight excluding hydrogens is 304 g/mol. The molecule has 0 radical (unpaired) electrons. The Morgan fingerprint density at radius 2 is 2.41 bits per heavy atom. The van der Waals surface area contributed by atoms with E-state index in [2.05, 4.69) is 11.9 Å². The number of rotatable bonds is 5. The highest BCUT2D eigenvalue weighted by molar-refractivity contribution is 6.32. The molecule has 5 nitrogen and oxygen atoms in total. The van der Waals surface area contributed by atoms with E-state index < -0.39 is 0 Å². The molecule has 0 bridgehead atoms. The zero-order chi connectivity index (χ0) is 15.9. The molecule has 22 heavy (non-hydrogen) atoms. The lowest BCUT2D eigenvalue weighted by Gasteiger charge is -2.25. The maximum Gasteiger partial charge on any atom is 0.318 e. The van der Waals surface area contributed by atoms with Gasteiger partial charge in [-0.2, -0.15) is 0 Å². The zero-order valence-electron chi connectivity index (χ0n) is 12.4. The molecule has 0 saturated carbocycles. The second-order valence-electron chi connectivity index (χ2n) is 5.11. The number of fused-ring (bicyclic) bond motifs is 1. The third-order valence-corrected chi connectivity index (χ3v) is 3.86. The summed E-state index contributed by atoms with van der Waals surface area (Å²) in [6.45, 7) is 4.78.